The predicted molar refractivity (Wildman–Crippen MR) is 67.6 cm³/mol. The van der Waals surface area contributed by atoms with Crippen molar-refractivity contribution in [2.24, 2.45) is 5.92 Å². The largest absolute Gasteiger partial charge is 0.381 e. The average Bonchev–Trinajstić information content (AvgIpc) is 2.94. The van der Waals surface area contributed by atoms with Crippen molar-refractivity contribution in [2.75, 3.05) is 25.1 Å². The first kappa shape index (κ1) is 11.0. The zero-order valence-electron chi connectivity index (χ0n) is 9.85. The van der Waals surface area contributed by atoms with Crippen LogP contribution in [0.1, 0.15) is 18.5 Å². The molecule has 1 saturated heterocycles. The number of fused-ring (bicyclic) bond motifs is 1. The van der Waals surface area contributed by atoms with E-state index in [0.29, 0.717) is 5.92 Å². The van der Waals surface area contributed by atoms with E-state index in [-0.39, 0.29) is 0 Å². The molecule has 0 saturated carbocycles. The van der Waals surface area contributed by atoms with Crippen LogP contribution in [0.4, 0.5) is 5.13 Å². The third-order valence-corrected chi connectivity index (χ3v) is 3.90. The van der Waals surface area contributed by atoms with Crippen LogP contribution in [0.15, 0.2) is 6.20 Å². The zero-order chi connectivity index (χ0) is 11.7. The second-order valence-corrected chi connectivity index (χ2v) is 5.42. The van der Waals surface area contributed by atoms with Crippen molar-refractivity contribution in [3.8, 4) is 0 Å². The van der Waals surface area contributed by atoms with Crippen molar-refractivity contribution < 1.29 is 4.74 Å². The number of imidazole rings is 1. The maximum atomic E-state index is 5.35. The molecule has 1 aliphatic rings. The highest BCUT2D eigenvalue weighted by atomic mass is 32.1. The van der Waals surface area contributed by atoms with Crippen LogP contribution < -0.4 is 5.32 Å². The Labute approximate surface area is 104 Å². The van der Waals surface area contributed by atoms with E-state index in [1.807, 2.05) is 17.6 Å². The molecule has 5 nitrogen and oxygen atoms in total. The van der Waals surface area contributed by atoms with E-state index < -0.39 is 0 Å². The fraction of sp³-hybridized carbons (Fsp3) is 0.636. The van der Waals surface area contributed by atoms with Gasteiger partial charge in [0, 0.05) is 19.8 Å². The Balaban J connectivity index is 1.55. The summed E-state index contributed by atoms with van der Waals surface area (Å²) >= 11 is 1.60. The number of rotatable bonds is 4. The van der Waals surface area contributed by atoms with Crippen LogP contribution in [0.3, 0.4) is 0 Å². The fourth-order valence-electron chi connectivity index (χ4n) is 2.07. The van der Waals surface area contributed by atoms with Gasteiger partial charge < -0.3 is 10.1 Å². The molecule has 0 aliphatic carbocycles. The number of aromatic nitrogens is 3. The molecule has 1 N–H and O–H groups in total. The summed E-state index contributed by atoms with van der Waals surface area (Å²) in [5.41, 5.74) is 1.01. The summed E-state index contributed by atoms with van der Waals surface area (Å²) in [6, 6.07) is 0. The summed E-state index contributed by atoms with van der Waals surface area (Å²) in [4.78, 5) is 5.33. The third kappa shape index (κ3) is 2.42. The maximum Gasteiger partial charge on any atom is 0.214 e. The molecule has 0 aromatic carbocycles. The lowest BCUT2D eigenvalue weighted by molar-refractivity contribution is 0.185. The molecule has 6 heteroatoms. The lowest BCUT2D eigenvalue weighted by Crippen LogP contribution is -2.08. The van der Waals surface area contributed by atoms with Gasteiger partial charge in [-0.05, 0) is 25.7 Å². The quantitative estimate of drug-likeness (QED) is 0.903. The number of nitrogens with zero attached hydrogens (tertiary/aromatic N) is 3. The number of anilines is 1. The Morgan fingerprint density at radius 2 is 2.59 bits per heavy atom. The van der Waals surface area contributed by atoms with Crippen LogP contribution >= 0.6 is 11.3 Å². The van der Waals surface area contributed by atoms with Gasteiger partial charge >= 0.3 is 0 Å². The molecule has 2 aromatic heterocycles. The minimum Gasteiger partial charge on any atom is -0.381 e. The molecular weight excluding hydrogens is 236 g/mol. The first-order chi connectivity index (χ1) is 8.31. The molecule has 2 aromatic rings. The van der Waals surface area contributed by atoms with E-state index in [1.54, 1.807) is 11.3 Å². The van der Waals surface area contributed by atoms with E-state index in [4.69, 9.17) is 4.74 Å². The van der Waals surface area contributed by atoms with Gasteiger partial charge in [-0.1, -0.05) is 11.3 Å². The number of ether oxygens (including phenoxy) is 1. The summed E-state index contributed by atoms with van der Waals surface area (Å²) in [5, 5.41) is 8.74. The molecule has 0 bridgehead atoms. The van der Waals surface area contributed by atoms with E-state index >= 15 is 0 Å². The van der Waals surface area contributed by atoms with Crippen LogP contribution in [-0.2, 0) is 4.74 Å². The molecule has 0 spiro atoms. The van der Waals surface area contributed by atoms with Crippen LogP contribution in [0.2, 0.25) is 0 Å². The number of aryl methyl sites for hydroxylation is 1. The zero-order valence-corrected chi connectivity index (χ0v) is 10.7. The van der Waals surface area contributed by atoms with Crippen molar-refractivity contribution >= 4 is 21.4 Å². The van der Waals surface area contributed by atoms with Gasteiger partial charge in [0.15, 0.2) is 0 Å². The van der Waals surface area contributed by atoms with E-state index in [2.05, 4.69) is 15.4 Å². The lowest BCUT2D eigenvalue weighted by Gasteiger charge is -2.06. The predicted octanol–water partition coefficient (Wildman–Crippen LogP) is 1.94. The molecule has 1 unspecified atom stereocenters. The maximum absolute atomic E-state index is 5.35. The van der Waals surface area contributed by atoms with E-state index in [9.17, 15) is 0 Å². The van der Waals surface area contributed by atoms with Gasteiger partial charge in [-0.2, -0.15) is 0 Å². The number of hydrogen-bond donors (Lipinski definition) is 1. The highest BCUT2D eigenvalue weighted by Crippen LogP contribution is 2.20. The lowest BCUT2D eigenvalue weighted by atomic mass is 10.1. The van der Waals surface area contributed by atoms with Crippen molar-refractivity contribution in [1.29, 1.82) is 0 Å². The minimum atomic E-state index is 0.716. The molecule has 1 atom stereocenters. The van der Waals surface area contributed by atoms with Crippen LogP contribution in [-0.4, -0.2) is 34.4 Å². The Hall–Kier alpha value is -1.14. The smallest absolute Gasteiger partial charge is 0.214 e. The second kappa shape index (κ2) is 4.62. The summed E-state index contributed by atoms with van der Waals surface area (Å²) in [5.74, 6) is 0.716. The van der Waals surface area contributed by atoms with Gasteiger partial charge in [0.25, 0.3) is 0 Å². The van der Waals surface area contributed by atoms with Crippen molar-refractivity contribution in [2.45, 2.75) is 19.8 Å². The highest BCUT2D eigenvalue weighted by Gasteiger charge is 2.15. The van der Waals surface area contributed by atoms with E-state index in [0.717, 1.165) is 42.0 Å². The molecule has 1 aliphatic heterocycles. The van der Waals surface area contributed by atoms with Gasteiger partial charge in [0.2, 0.25) is 10.1 Å². The Kier molecular flexibility index (Phi) is 2.98. The van der Waals surface area contributed by atoms with Crippen molar-refractivity contribution in [3.63, 3.8) is 0 Å². The molecule has 3 heterocycles. The molecule has 0 radical (unpaired) electrons. The summed E-state index contributed by atoms with van der Waals surface area (Å²) in [6.07, 6.45) is 4.30. The molecular formula is C11H16N4OS. The first-order valence-electron chi connectivity index (χ1n) is 5.96. The van der Waals surface area contributed by atoms with Crippen LogP contribution in [0.5, 0.6) is 0 Å². The third-order valence-electron chi connectivity index (χ3n) is 3.02. The Bertz CT molecular complexity index is 469. The molecule has 92 valence electrons. The first-order valence-corrected chi connectivity index (χ1v) is 6.77. The molecule has 1 fully saturated rings. The van der Waals surface area contributed by atoms with Gasteiger partial charge in [-0.25, -0.2) is 9.50 Å². The van der Waals surface area contributed by atoms with Gasteiger partial charge in [-0.15, -0.1) is 5.10 Å². The fourth-order valence-corrected chi connectivity index (χ4v) is 2.93. The van der Waals surface area contributed by atoms with Crippen molar-refractivity contribution in [1.82, 2.24) is 14.6 Å². The standard InChI is InChI=1S/C11H16N4OS/c1-8-6-15-11(13-8)17-10(14-15)12-4-2-9-3-5-16-7-9/h6,9H,2-5,7H2,1H3,(H,12,14). The average molecular weight is 252 g/mol. The number of hydrogen-bond acceptors (Lipinski definition) is 5. The summed E-state index contributed by atoms with van der Waals surface area (Å²) < 4.78 is 7.19. The Morgan fingerprint density at radius 1 is 1.65 bits per heavy atom. The second-order valence-electron chi connectivity index (χ2n) is 4.46. The van der Waals surface area contributed by atoms with Crippen molar-refractivity contribution in [3.05, 3.63) is 11.9 Å². The highest BCUT2D eigenvalue weighted by molar-refractivity contribution is 7.20. The van der Waals surface area contributed by atoms with Crippen LogP contribution in [0, 0.1) is 12.8 Å². The van der Waals surface area contributed by atoms with Gasteiger partial charge in [0.1, 0.15) is 0 Å². The van der Waals surface area contributed by atoms with E-state index in [1.165, 1.54) is 6.42 Å². The number of nitrogens with one attached hydrogen (secondary N) is 1. The molecule has 17 heavy (non-hydrogen) atoms. The van der Waals surface area contributed by atoms with Crippen LogP contribution in [0.25, 0.3) is 4.96 Å². The summed E-state index contributed by atoms with van der Waals surface area (Å²) in [7, 11) is 0. The van der Waals surface area contributed by atoms with Gasteiger partial charge in [0.05, 0.1) is 11.9 Å². The normalized spacial score (nSPS) is 20.2. The molecule has 0 amide bonds. The SMILES string of the molecule is Cc1cn2nc(NCCC3CCOC3)sc2n1. The van der Waals surface area contributed by atoms with Gasteiger partial charge in [-0.3, -0.25) is 0 Å². The molecule has 3 rings (SSSR count). The summed E-state index contributed by atoms with van der Waals surface area (Å²) in [6.45, 7) is 4.79. The topological polar surface area (TPSA) is 51.5 Å². The monoisotopic (exact) mass is 252 g/mol. The minimum absolute atomic E-state index is 0.716. The Morgan fingerprint density at radius 3 is 3.35 bits per heavy atom.